The van der Waals surface area contributed by atoms with Gasteiger partial charge in [0, 0.05) is 19.3 Å². The van der Waals surface area contributed by atoms with Crippen LogP contribution >= 0.6 is 0 Å². The third kappa shape index (κ3) is 5.84. The van der Waals surface area contributed by atoms with Crippen LogP contribution in [-0.4, -0.2) is 64.9 Å². The first-order valence-corrected chi connectivity index (χ1v) is 10.5. The molecule has 0 radical (unpaired) electrons. The molecule has 1 atom stereocenters. The normalized spacial score (nSPS) is 18.9. The summed E-state index contributed by atoms with van der Waals surface area (Å²) < 4.78 is 43.3. The molecule has 2 saturated heterocycles. The summed E-state index contributed by atoms with van der Waals surface area (Å²) in [5.41, 5.74) is 0.498. The zero-order valence-electron chi connectivity index (χ0n) is 18.3. The molecule has 2 fully saturated rings. The third-order valence-electron chi connectivity index (χ3n) is 5.78. The molecule has 2 aliphatic heterocycles. The number of anilines is 1. The number of alkyl halides is 3. The van der Waals surface area contributed by atoms with E-state index in [0.717, 1.165) is 37.6 Å². The van der Waals surface area contributed by atoms with E-state index in [2.05, 4.69) is 10.3 Å². The first kappa shape index (κ1) is 24.6. The van der Waals surface area contributed by atoms with E-state index >= 15 is 0 Å². The fraction of sp³-hybridized carbons (Fsp3) is 0.500. The monoisotopic (exact) mass is 469 g/mol. The SMILES string of the molecule is Cc1cc(C(=O)N2CC3(C2)OCCC3CCNc2ccccn2)c(C)o1.O=C(O)C(F)(F)F. The number of hydrogen-bond donors (Lipinski definition) is 2. The van der Waals surface area contributed by atoms with E-state index < -0.39 is 12.1 Å². The van der Waals surface area contributed by atoms with E-state index in [1.807, 2.05) is 43.0 Å². The van der Waals surface area contributed by atoms with Crippen molar-refractivity contribution in [2.75, 3.05) is 31.6 Å². The van der Waals surface area contributed by atoms with Crippen molar-refractivity contribution in [3.8, 4) is 0 Å². The maximum atomic E-state index is 12.7. The fourth-order valence-electron chi connectivity index (χ4n) is 4.14. The summed E-state index contributed by atoms with van der Waals surface area (Å²) in [5.74, 6) is 0.124. The van der Waals surface area contributed by atoms with Crippen molar-refractivity contribution < 1.29 is 37.0 Å². The third-order valence-corrected chi connectivity index (χ3v) is 5.78. The highest BCUT2D eigenvalue weighted by atomic mass is 19.4. The number of nitrogens with one attached hydrogen (secondary N) is 1. The van der Waals surface area contributed by atoms with Crippen LogP contribution in [0.25, 0.3) is 0 Å². The number of carboxylic acids is 1. The number of carbonyl (C=O) groups excluding carboxylic acids is 1. The van der Waals surface area contributed by atoms with Gasteiger partial charge in [0.15, 0.2) is 0 Å². The van der Waals surface area contributed by atoms with Crippen LogP contribution in [0.4, 0.5) is 19.0 Å². The Morgan fingerprint density at radius 1 is 1.30 bits per heavy atom. The number of aliphatic carboxylic acids is 1. The molecule has 1 amide bonds. The molecule has 4 heterocycles. The number of aryl methyl sites for hydroxylation is 2. The summed E-state index contributed by atoms with van der Waals surface area (Å²) in [7, 11) is 0. The molecule has 1 spiro atoms. The molecule has 0 bridgehead atoms. The molecule has 2 aromatic rings. The van der Waals surface area contributed by atoms with Crippen molar-refractivity contribution in [2.24, 2.45) is 5.92 Å². The molecule has 2 aromatic heterocycles. The number of nitrogens with zero attached hydrogens (tertiary/aromatic N) is 2. The zero-order valence-corrected chi connectivity index (χ0v) is 18.3. The number of ether oxygens (including phenoxy) is 1. The molecule has 33 heavy (non-hydrogen) atoms. The van der Waals surface area contributed by atoms with Gasteiger partial charge in [0.25, 0.3) is 5.91 Å². The van der Waals surface area contributed by atoms with Gasteiger partial charge in [0.1, 0.15) is 22.9 Å². The Hall–Kier alpha value is -3.08. The zero-order chi connectivity index (χ0) is 24.2. The van der Waals surface area contributed by atoms with Crippen LogP contribution in [0, 0.1) is 19.8 Å². The molecular formula is C22H26F3N3O5. The minimum Gasteiger partial charge on any atom is -0.475 e. The van der Waals surface area contributed by atoms with Gasteiger partial charge in [-0.05, 0) is 50.8 Å². The van der Waals surface area contributed by atoms with E-state index in [9.17, 15) is 18.0 Å². The topological polar surface area (TPSA) is 105 Å². The second-order valence-corrected chi connectivity index (χ2v) is 8.12. The van der Waals surface area contributed by atoms with Gasteiger partial charge in [0.05, 0.1) is 18.7 Å². The van der Waals surface area contributed by atoms with E-state index in [-0.39, 0.29) is 11.5 Å². The molecule has 8 nitrogen and oxygen atoms in total. The first-order valence-electron chi connectivity index (χ1n) is 10.5. The number of amides is 1. The lowest BCUT2D eigenvalue weighted by Gasteiger charge is -2.50. The van der Waals surface area contributed by atoms with Gasteiger partial charge >= 0.3 is 12.1 Å². The number of rotatable bonds is 5. The Morgan fingerprint density at radius 3 is 2.55 bits per heavy atom. The maximum Gasteiger partial charge on any atom is 0.490 e. The highest BCUT2D eigenvalue weighted by molar-refractivity contribution is 5.96. The van der Waals surface area contributed by atoms with Crippen molar-refractivity contribution in [2.45, 2.75) is 38.5 Å². The number of hydrogen-bond acceptors (Lipinski definition) is 6. The number of furan rings is 1. The number of carboxylic acid groups (broad SMARTS) is 1. The van der Waals surface area contributed by atoms with Gasteiger partial charge in [-0.1, -0.05) is 6.07 Å². The number of aromatic nitrogens is 1. The maximum absolute atomic E-state index is 12.7. The quantitative estimate of drug-likeness (QED) is 0.689. The fourth-order valence-corrected chi connectivity index (χ4v) is 4.14. The minimum absolute atomic E-state index is 0.0471. The van der Waals surface area contributed by atoms with Crippen LogP contribution in [0.3, 0.4) is 0 Å². The number of carbonyl (C=O) groups is 2. The van der Waals surface area contributed by atoms with Gasteiger partial charge in [-0.25, -0.2) is 9.78 Å². The lowest BCUT2D eigenvalue weighted by atomic mass is 9.78. The lowest BCUT2D eigenvalue weighted by Crippen LogP contribution is -2.66. The van der Waals surface area contributed by atoms with Crippen molar-refractivity contribution in [1.29, 1.82) is 0 Å². The highest BCUT2D eigenvalue weighted by Crippen LogP contribution is 2.42. The first-order chi connectivity index (χ1) is 15.5. The van der Waals surface area contributed by atoms with Crippen LogP contribution in [0.1, 0.15) is 34.7 Å². The Morgan fingerprint density at radius 2 is 2.00 bits per heavy atom. The van der Waals surface area contributed by atoms with Crippen molar-refractivity contribution in [1.82, 2.24) is 9.88 Å². The summed E-state index contributed by atoms with van der Waals surface area (Å²) in [6.07, 6.45) is -1.23. The van der Waals surface area contributed by atoms with Gasteiger partial charge < -0.3 is 24.5 Å². The Balaban J connectivity index is 0.000000383. The summed E-state index contributed by atoms with van der Waals surface area (Å²) in [6.45, 7) is 6.69. The molecule has 2 N–H and O–H groups in total. The molecule has 180 valence electrons. The number of likely N-dealkylation sites (tertiary alicyclic amines) is 1. The molecule has 0 aromatic carbocycles. The van der Waals surface area contributed by atoms with Gasteiger partial charge in [-0.2, -0.15) is 13.2 Å². The Labute approximate surface area is 188 Å². The van der Waals surface area contributed by atoms with Crippen molar-refractivity contribution in [3.05, 3.63) is 47.5 Å². The van der Waals surface area contributed by atoms with Crippen LogP contribution in [0.5, 0.6) is 0 Å². The summed E-state index contributed by atoms with van der Waals surface area (Å²) >= 11 is 0. The van der Waals surface area contributed by atoms with E-state index in [4.69, 9.17) is 19.1 Å². The van der Waals surface area contributed by atoms with Crippen molar-refractivity contribution in [3.63, 3.8) is 0 Å². The largest absolute Gasteiger partial charge is 0.490 e. The number of pyridine rings is 1. The highest BCUT2D eigenvalue weighted by Gasteiger charge is 2.54. The van der Waals surface area contributed by atoms with E-state index in [1.165, 1.54) is 0 Å². The molecule has 2 aliphatic rings. The van der Waals surface area contributed by atoms with E-state index in [0.29, 0.717) is 30.3 Å². The van der Waals surface area contributed by atoms with Gasteiger partial charge in [-0.15, -0.1) is 0 Å². The summed E-state index contributed by atoms with van der Waals surface area (Å²) in [6, 6.07) is 7.69. The Bertz CT molecular complexity index is 971. The summed E-state index contributed by atoms with van der Waals surface area (Å²) in [4.78, 5) is 27.8. The second kappa shape index (κ2) is 9.82. The number of halogens is 3. The molecule has 4 rings (SSSR count). The van der Waals surface area contributed by atoms with Crippen LogP contribution in [0.2, 0.25) is 0 Å². The molecule has 0 aliphatic carbocycles. The second-order valence-electron chi connectivity index (χ2n) is 8.12. The lowest BCUT2D eigenvalue weighted by molar-refractivity contribution is -0.192. The average Bonchev–Trinajstić information content (AvgIpc) is 3.29. The van der Waals surface area contributed by atoms with Crippen LogP contribution in [-0.2, 0) is 9.53 Å². The average molecular weight is 469 g/mol. The molecule has 0 saturated carbocycles. The minimum atomic E-state index is -5.08. The Kier molecular flexibility index (Phi) is 7.31. The van der Waals surface area contributed by atoms with Crippen molar-refractivity contribution >= 4 is 17.7 Å². The molecule has 11 heteroatoms. The van der Waals surface area contributed by atoms with Crippen LogP contribution in [0.15, 0.2) is 34.9 Å². The predicted molar refractivity (Wildman–Crippen MR) is 112 cm³/mol. The van der Waals surface area contributed by atoms with Gasteiger partial charge in [-0.3, -0.25) is 4.79 Å². The molecular weight excluding hydrogens is 443 g/mol. The standard InChI is InChI=1S/C20H25N3O3.C2HF3O2/c1-14-11-17(15(2)26-14)19(24)23-12-20(13-23)16(7-10-25-20)6-9-22-18-5-3-4-8-21-18;3-2(4,5)1(6)7/h3-5,8,11,16H,6-7,9-10,12-13H2,1-2H3,(H,21,22);(H,6,7). The summed E-state index contributed by atoms with van der Waals surface area (Å²) in [5, 5.41) is 10.5. The molecule has 1 unspecified atom stereocenters. The predicted octanol–water partition coefficient (Wildman–Crippen LogP) is 3.66. The van der Waals surface area contributed by atoms with Gasteiger partial charge in [0.2, 0.25) is 0 Å². The smallest absolute Gasteiger partial charge is 0.475 e. The van der Waals surface area contributed by atoms with E-state index in [1.54, 1.807) is 6.20 Å². The van der Waals surface area contributed by atoms with Crippen LogP contribution < -0.4 is 5.32 Å².